The van der Waals surface area contributed by atoms with Crippen LogP contribution >= 0.6 is 12.4 Å². The molecule has 0 aromatic carbocycles. The van der Waals surface area contributed by atoms with E-state index in [1.54, 1.807) is 18.3 Å². The summed E-state index contributed by atoms with van der Waals surface area (Å²) in [5, 5.41) is 6.99. The average molecular weight is 326 g/mol. The Labute approximate surface area is 133 Å². The molecule has 3 rings (SSSR count). The summed E-state index contributed by atoms with van der Waals surface area (Å²) in [6.45, 7) is 0.772. The number of fused-ring (bicyclic) bond motifs is 1. The van der Waals surface area contributed by atoms with Gasteiger partial charge in [0, 0.05) is 25.2 Å². The van der Waals surface area contributed by atoms with Crippen molar-refractivity contribution < 1.29 is 4.79 Å². The van der Waals surface area contributed by atoms with Crippen LogP contribution in [-0.4, -0.2) is 32.7 Å². The molecule has 1 aliphatic carbocycles. The Morgan fingerprint density at radius 3 is 2.91 bits per heavy atom. The highest BCUT2D eigenvalue weighted by Gasteiger charge is 2.28. The lowest BCUT2D eigenvalue weighted by Crippen LogP contribution is -2.39. The zero-order valence-corrected chi connectivity index (χ0v) is 13.0. The van der Waals surface area contributed by atoms with Crippen molar-refractivity contribution in [1.29, 1.82) is 0 Å². The third-order valence-electron chi connectivity index (χ3n) is 3.80. The molecule has 8 heteroatoms. The van der Waals surface area contributed by atoms with Crippen LogP contribution in [0.3, 0.4) is 0 Å². The van der Waals surface area contributed by atoms with E-state index in [0.717, 1.165) is 12.8 Å². The number of halogens is 1. The van der Waals surface area contributed by atoms with E-state index in [2.05, 4.69) is 10.4 Å². The number of hydrogen-bond donors (Lipinski definition) is 2. The number of nitrogens with zero attached hydrogens (tertiary/aromatic N) is 3. The zero-order valence-electron chi connectivity index (χ0n) is 12.1. The molecule has 0 aliphatic heterocycles. The van der Waals surface area contributed by atoms with Crippen molar-refractivity contribution in [2.24, 2.45) is 11.7 Å². The van der Waals surface area contributed by atoms with E-state index in [9.17, 15) is 9.59 Å². The Kier molecular flexibility index (Phi) is 5.20. The molecular weight excluding hydrogens is 306 g/mol. The minimum absolute atomic E-state index is 0. The van der Waals surface area contributed by atoms with Crippen LogP contribution in [0.2, 0.25) is 0 Å². The highest BCUT2D eigenvalue weighted by atomic mass is 35.5. The molecule has 1 amide bonds. The molecule has 1 saturated carbocycles. The lowest BCUT2D eigenvalue weighted by Gasteiger charge is -2.11. The first-order chi connectivity index (χ1) is 10.1. The van der Waals surface area contributed by atoms with E-state index < -0.39 is 0 Å². The summed E-state index contributed by atoms with van der Waals surface area (Å²) in [6.07, 6.45) is 4.21. The van der Waals surface area contributed by atoms with Crippen LogP contribution < -0.4 is 16.7 Å². The summed E-state index contributed by atoms with van der Waals surface area (Å²) in [7, 11) is 0. The maximum atomic E-state index is 12.0. The fourth-order valence-electron chi connectivity index (χ4n) is 2.33. The molecule has 1 atom stereocenters. The van der Waals surface area contributed by atoms with Crippen molar-refractivity contribution in [3.05, 3.63) is 34.9 Å². The maximum Gasteiger partial charge on any atom is 0.350 e. The predicted molar refractivity (Wildman–Crippen MR) is 85.0 cm³/mol. The number of aromatic nitrogens is 3. The fraction of sp³-hybridized carbons (Fsp3) is 0.500. The Bertz CT molecular complexity index is 707. The van der Waals surface area contributed by atoms with Gasteiger partial charge in [-0.15, -0.1) is 17.5 Å². The summed E-state index contributed by atoms with van der Waals surface area (Å²) >= 11 is 0. The summed E-state index contributed by atoms with van der Waals surface area (Å²) < 4.78 is 2.77. The molecule has 0 saturated heterocycles. The van der Waals surface area contributed by atoms with E-state index in [4.69, 9.17) is 5.73 Å². The van der Waals surface area contributed by atoms with E-state index in [1.165, 1.54) is 9.08 Å². The van der Waals surface area contributed by atoms with E-state index in [0.29, 0.717) is 18.1 Å². The highest BCUT2D eigenvalue weighted by Crippen LogP contribution is 2.31. The first-order valence-electron chi connectivity index (χ1n) is 7.21. The minimum Gasteiger partial charge on any atom is -0.354 e. The van der Waals surface area contributed by atoms with Crippen LogP contribution in [0.25, 0.3) is 5.65 Å². The Hall–Kier alpha value is -1.86. The second-order valence-corrected chi connectivity index (χ2v) is 5.49. The Morgan fingerprint density at radius 1 is 1.45 bits per heavy atom. The number of pyridine rings is 1. The van der Waals surface area contributed by atoms with Crippen molar-refractivity contribution in [2.75, 3.05) is 6.54 Å². The number of nitrogens with one attached hydrogen (secondary N) is 1. The summed E-state index contributed by atoms with van der Waals surface area (Å²) in [5.41, 5.74) is 6.28. The first kappa shape index (κ1) is 16.5. The number of hydrogen-bond acceptors (Lipinski definition) is 4. The van der Waals surface area contributed by atoms with Crippen LogP contribution in [0.1, 0.15) is 19.3 Å². The third-order valence-corrected chi connectivity index (χ3v) is 3.80. The van der Waals surface area contributed by atoms with Crippen LogP contribution in [-0.2, 0) is 11.3 Å². The molecule has 1 fully saturated rings. The normalized spacial score (nSPS) is 15.3. The standard InChI is InChI=1S/C14H19N5O2.ClH/c15-11(10-4-5-10)9-16-13(20)6-8-19-14(21)18-7-2-1-3-12(18)17-19;/h1-3,7,10-11H,4-6,8-9,15H2,(H,16,20);1H. The van der Waals surface area contributed by atoms with Gasteiger partial charge in [-0.3, -0.25) is 9.20 Å². The second-order valence-electron chi connectivity index (χ2n) is 5.49. The van der Waals surface area contributed by atoms with Crippen molar-refractivity contribution in [3.63, 3.8) is 0 Å². The molecule has 2 heterocycles. The fourth-order valence-corrected chi connectivity index (χ4v) is 2.33. The number of nitrogens with two attached hydrogens (primary N) is 1. The highest BCUT2D eigenvalue weighted by molar-refractivity contribution is 5.85. The van der Waals surface area contributed by atoms with Crippen LogP contribution in [0.4, 0.5) is 0 Å². The summed E-state index contributed by atoms with van der Waals surface area (Å²) in [4.78, 5) is 23.8. The van der Waals surface area contributed by atoms with E-state index in [1.807, 2.05) is 6.07 Å². The molecule has 2 aromatic heterocycles. The van der Waals surface area contributed by atoms with Gasteiger partial charge in [0.2, 0.25) is 5.91 Å². The van der Waals surface area contributed by atoms with Gasteiger partial charge in [-0.1, -0.05) is 6.07 Å². The molecule has 3 N–H and O–H groups in total. The largest absolute Gasteiger partial charge is 0.354 e. The summed E-state index contributed by atoms with van der Waals surface area (Å²) in [6, 6.07) is 5.39. The maximum absolute atomic E-state index is 12.0. The van der Waals surface area contributed by atoms with Crippen molar-refractivity contribution in [1.82, 2.24) is 19.5 Å². The van der Waals surface area contributed by atoms with Crippen molar-refractivity contribution in [3.8, 4) is 0 Å². The second kappa shape index (κ2) is 6.93. The smallest absolute Gasteiger partial charge is 0.350 e. The zero-order chi connectivity index (χ0) is 14.8. The monoisotopic (exact) mass is 325 g/mol. The molecule has 0 spiro atoms. The molecule has 22 heavy (non-hydrogen) atoms. The minimum atomic E-state index is -0.229. The third kappa shape index (κ3) is 3.66. The lowest BCUT2D eigenvalue weighted by molar-refractivity contribution is -0.121. The molecular formula is C14H20ClN5O2. The van der Waals surface area contributed by atoms with Gasteiger partial charge in [0.15, 0.2) is 5.65 Å². The van der Waals surface area contributed by atoms with Gasteiger partial charge in [0.1, 0.15) is 0 Å². The van der Waals surface area contributed by atoms with Crippen LogP contribution in [0.5, 0.6) is 0 Å². The van der Waals surface area contributed by atoms with E-state index in [-0.39, 0.29) is 43.0 Å². The van der Waals surface area contributed by atoms with Crippen LogP contribution in [0, 0.1) is 5.92 Å². The number of carbonyl (C=O) groups excluding carboxylic acids is 1. The van der Waals surface area contributed by atoms with Gasteiger partial charge in [-0.25, -0.2) is 9.48 Å². The average Bonchev–Trinajstić information content (AvgIpc) is 3.29. The number of carbonyl (C=O) groups is 1. The Morgan fingerprint density at radius 2 is 2.23 bits per heavy atom. The van der Waals surface area contributed by atoms with Gasteiger partial charge >= 0.3 is 5.69 Å². The lowest BCUT2D eigenvalue weighted by atomic mass is 10.2. The molecule has 7 nitrogen and oxygen atoms in total. The molecule has 0 radical (unpaired) electrons. The van der Waals surface area contributed by atoms with Crippen molar-refractivity contribution >= 4 is 24.0 Å². The molecule has 0 bridgehead atoms. The summed E-state index contributed by atoms with van der Waals surface area (Å²) in [5.74, 6) is 0.460. The molecule has 1 aliphatic rings. The molecule has 1 unspecified atom stereocenters. The van der Waals surface area contributed by atoms with Gasteiger partial charge in [-0.05, 0) is 30.9 Å². The molecule has 120 valence electrons. The van der Waals surface area contributed by atoms with E-state index >= 15 is 0 Å². The SMILES string of the molecule is Cl.NC(CNC(=O)CCn1nc2ccccn2c1=O)C1CC1. The van der Waals surface area contributed by atoms with Gasteiger partial charge < -0.3 is 11.1 Å². The van der Waals surface area contributed by atoms with Gasteiger partial charge in [0.05, 0.1) is 6.54 Å². The Balaban J connectivity index is 0.00000176. The quantitative estimate of drug-likeness (QED) is 0.791. The predicted octanol–water partition coefficient (Wildman–Crippen LogP) is 0.161. The van der Waals surface area contributed by atoms with Crippen molar-refractivity contribution in [2.45, 2.75) is 31.8 Å². The van der Waals surface area contributed by atoms with Gasteiger partial charge in [-0.2, -0.15) is 0 Å². The number of amides is 1. The topological polar surface area (TPSA) is 94.4 Å². The number of aryl methyl sites for hydroxylation is 1. The van der Waals surface area contributed by atoms with Gasteiger partial charge in [0.25, 0.3) is 0 Å². The molecule has 2 aromatic rings. The number of rotatable bonds is 6. The van der Waals surface area contributed by atoms with Crippen LogP contribution in [0.15, 0.2) is 29.2 Å². The first-order valence-corrected chi connectivity index (χ1v) is 7.21.